The first-order valence-corrected chi connectivity index (χ1v) is 6.37. The Morgan fingerprint density at radius 2 is 2.15 bits per heavy atom. The first kappa shape index (κ1) is 13.9. The minimum atomic E-state index is -0.140. The lowest BCUT2D eigenvalue weighted by Gasteiger charge is -2.13. The molecule has 5 nitrogen and oxygen atoms in total. The summed E-state index contributed by atoms with van der Waals surface area (Å²) in [6.45, 7) is 2.62. The minimum absolute atomic E-state index is 0.140. The molecule has 0 radical (unpaired) electrons. The molecule has 1 aromatic carbocycles. The molecule has 0 bridgehead atoms. The SMILES string of the molecule is CNC(=O)c1ccc(N)cc1NCc1ccncc1C. The van der Waals surface area contributed by atoms with Crippen LogP contribution >= 0.6 is 0 Å². The average molecular weight is 270 g/mol. The molecule has 20 heavy (non-hydrogen) atoms. The van der Waals surface area contributed by atoms with E-state index in [0.717, 1.165) is 16.8 Å². The van der Waals surface area contributed by atoms with Crippen LogP contribution in [0.3, 0.4) is 0 Å². The van der Waals surface area contributed by atoms with Crippen molar-refractivity contribution in [3.8, 4) is 0 Å². The van der Waals surface area contributed by atoms with Gasteiger partial charge in [-0.2, -0.15) is 0 Å². The zero-order valence-corrected chi connectivity index (χ0v) is 11.6. The van der Waals surface area contributed by atoms with E-state index < -0.39 is 0 Å². The lowest BCUT2D eigenvalue weighted by molar-refractivity contribution is 0.0964. The third-order valence-corrected chi connectivity index (χ3v) is 3.12. The van der Waals surface area contributed by atoms with E-state index >= 15 is 0 Å². The fourth-order valence-electron chi connectivity index (χ4n) is 1.93. The first-order valence-electron chi connectivity index (χ1n) is 6.37. The van der Waals surface area contributed by atoms with Gasteiger partial charge < -0.3 is 16.4 Å². The fourth-order valence-corrected chi connectivity index (χ4v) is 1.93. The molecule has 1 aromatic heterocycles. The number of hydrogen-bond acceptors (Lipinski definition) is 4. The van der Waals surface area contributed by atoms with Crippen molar-refractivity contribution in [3.63, 3.8) is 0 Å². The Hall–Kier alpha value is -2.56. The van der Waals surface area contributed by atoms with Gasteiger partial charge in [0.15, 0.2) is 0 Å². The molecule has 2 aromatic rings. The van der Waals surface area contributed by atoms with E-state index in [0.29, 0.717) is 17.8 Å². The minimum Gasteiger partial charge on any atom is -0.399 e. The van der Waals surface area contributed by atoms with E-state index in [-0.39, 0.29) is 5.91 Å². The van der Waals surface area contributed by atoms with Crippen LogP contribution in [0.2, 0.25) is 0 Å². The molecule has 0 fully saturated rings. The van der Waals surface area contributed by atoms with Crippen molar-refractivity contribution in [1.29, 1.82) is 0 Å². The second-order valence-electron chi connectivity index (χ2n) is 4.54. The van der Waals surface area contributed by atoms with E-state index in [1.54, 1.807) is 31.4 Å². The number of nitrogens with zero attached hydrogens (tertiary/aromatic N) is 1. The molecule has 104 valence electrons. The van der Waals surface area contributed by atoms with Crippen molar-refractivity contribution in [1.82, 2.24) is 10.3 Å². The van der Waals surface area contributed by atoms with Crippen LogP contribution in [0.15, 0.2) is 36.7 Å². The lowest BCUT2D eigenvalue weighted by Crippen LogP contribution is -2.19. The summed E-state index contributed by atoms with van der Waals surface area (Å²) < 4.78 is 0. The quantitative estimate of drug-likeness (QED) is 0.742. The van der Waals surface area contributed by atoms with Gasteiger partial charge in [0, 0.05) is 37.4 Å². The summed E-state index contributed by atoms with van der Waals surface area (Å²) >= 11 is 0. The molecule has 0 saturated carbocycles. The zero-order chi connectivity index (χ0) is 14.5. The van der Waals surface area contributed by atoms with Gasteiger partial charge in [0.2, 0.25) is 0 Å². The molecule has 0 spiro atoms. The highest BCUT2D eigenvalue weighted by atomic mass is 16.1. The van der Waals surface area contributed by atoms with Gasteiger partial charge in [-0.15, -0.1) is 0 Å². The predicted octanol–water partition coefficient (Wildman–Crippen LogP) is 1.94. The smallest absolute Gasteiger partial charge is 0.253 e. The number of nitrogens with two attached hydrogens (primary N) is 1. The highest BCUT2D eigenvalue weighted by molar-refractivity contribution is 6.00. The Kier molecular flexibility index (Phi) is 4.20. The Bertz CT molecular complexity index is 625. The molecule has 0 aliphatic carbocycles. The summed E-state index contributed by atoms with van der Waals surface area (Å²) in [6, 6.07) is 7.15. The number of pyridine rings is 1. The molecule has 4 N–H and O–H groups in total. The van der Waals surface area contributed by atoms with Gasteiger partial charge in [-0.3, -0.25) is 9.78 Å². The molecule has 0 aliphatic rings. The number of carbonyl (C=O) groups excluding carboxylic acids is 1. The van der Waals surface area contributed by atoms with Gasteiger partial charge in [-0.1, -0.05) is 0 Å². The highest BCUT2D eigenvalue weighted by Crippen LogP contribution is 2.20. The Labute approximate surface area is 118 Å². The van der Waals surface area contributed by atoms with Crippen LogP contribution in [0, 0.1) is 6.92 Å². The van der Waals surface area contributed by atoms with Crippen LogP contribution in [0.4, 0.5) is 11.4 Å². The summed E-state index contributed by atoms with van der Waals surface area (Å²) in [5, 5.41) is 5.88. The molecule has 1 amide bonds. The maximum atomic E-state index is 11.8. The summed E-state index contributed by atoms with van der Waals surface area (Å²) in [7, 11) is 1.61. The second-order valence-corrected chi connectivity index (χ2v) is 4.54. The maximum Gasteiger partial charge on any atom is 0.253 e. The number of rotatable bonds is 4. The van der Waals surface area contributed by atoms with Crippen LogP contribution in [0.5, 0.6) is 0 Å². The number of hydrogen-bond donors (Lipinski definition) is 3. The van der Waals surface area contributed by atoms with Crippen molar-refractivity contribution >= 4 is 17.3 Å². The Morgan fingerprint density at radius 1 is 1.35 bits per heavy atom. The van der Waals surface area contributed by atoms with Crippen molar-refractivity contribution in [2.75, 3.05) is 18.1 Å². The molecule has 0 aliphatic heterocycles. The third-order valence-electron chi connectivity index (χ3n) is 3.12. The maximum absolute atomic E-state index is 11.8. The normalized spacial score (nSPS) is 10.1. The summed E-state index contributed by atoms with van der Waals surface area (Å²) in [4.78, 5) is 15.9. The highest BCUT2D eigenvalue weighted by Gasteiger charge is 2.10. The number of nitrogens with one attached hydrogen (secondary N) is 2. The van der Waals surface area contributed by atoms with E-state index in [4.69, 9.17) is 5.73 Å². The molecule has 0 saturated heterocycles. The van der Waals surface area contributed by atoms with Crippen LogP contribution in [-0.4, -0.2) is 17.9 Å². The number of aryl methyl sites for hydroxylation is 1. The number of aromatic nitrogens is 1. The number of anilines is 2. The summed E-state index contributed by atoms with van der Waals surface area (Å²) in [6.07, 6.45) is 3.57. The van der Waals surface area contributed by atoms with E-state index in [9.17, 15) is 4.79 Å². The van der Waals surface area contributed by atoms with E-state index in [1.807, 2.05) is 19.2 Å². The summed E-state index contributed by atoms with van der Waals surface area (Å²) in [5.74, 6) is -0.140. The van der Waals surface area contributed by atoms with Crippen LogP contribution in [0.25, 0.3) is 0 Å². The number of nitrogen functional groups attached to an aromatic ring is 1. The monoisotopic (exact) mass is 270 g/mol. The molecule has 5 heteroatoms. The standard InChI is InChI=1S/C15H18N4O/c1-10-8-18-6-5-11(10)9-19-14-7-12(16)3-4-13(14)15(20)17-2/h3-8,19H,9,16H2,1-2H3,(H,17,20). The van der Waals surface area contributed by atoms with E-state index in [2.05, 4.69) is 15.6 Å². The number of carbonyl (C=O) groups is 1. The van der Waals surface area contributed by atoms with Crippen molar-refractivity contribution in [3.05, 3.63) is 53.3 Å². The van der Waals surface area contributed by atoms with Crippen LogP contribution < -0.4 is 16.4 Å². The molecule has 2 rings (SSSR count). The lowest BCUT2D eigenvalue weighted by atomic mass is 10.1. The van der Waals surface area contributed by atoms with Crippen LogP contribution in [0.1, 0.15) is 21.5 Å². The second kappa shape index (κ2) is 6.06. The molecule has 1 heterocycles. The predicted molar refractivity (Wildman–Crippen MR) is 80.5 cm³/mol. The zero-order valence-electron chi connectivity index (χ0n) is 11.6. The van der Waals surface area contributed by atoms with Crippen LogP contribution in [-0.2, 0) is 6.54 Å². The van der Waals surface area contributed by atoms with Gasteiger partial charge in [-0.25, -0.2) is 0 Å². The summed E-state index contributed by atoms with van der Waals surface area (Å²) in [5.41, 5.74) is 9.94. The molecule has 0 atom stereocenters. The fraction of sp³-hybridized carbons (Fsp3) is 0.200. The van der Waals surface area contributed by atoms with Gasteiger partial charge >= 0.3 is 0 Å². The van der Waals surface area contributed by atoms with Crippen molar-refractivity contribution < 1.29 is 4.79 Å². The average Bonchev–Trinajstić information content (AvgIpc) is 2.46. The topological polar surface area (TPSA) is 80.0 Å². The van der Waals surface area contributed by atoms with Crippen molar-refractivity contribution in [2.45, 2.75) is 13.5 Å². The number of amides is 1. The first-order chi connectivity index (χ1) is 9.61. The van der Waals surface area contributed by atoms with Crippen molar-refractivity contribution in [2.24, 2.45) is 0 Å². The molecular formula is C15H18N4O. The number of benzene rings is 1. The molecule has 0 unspecified atom stereocenters. The third kappa shape index (κ3) is 3.06. The van der Waals surface area contributed by atoms with Gasteiger partial charge in [-0.05, 0) is 42.3 Å². The van der Waals surface area contributed by atoms with Gasteiger partial charge in [0.25, 0.3) is 5.91 Å². The Morgan fingerprint density at radius 3 is 2.85 bits per heavy atom. The molecular weight excluding hydrogens is 252 g/mol. The van der Waals surface area contributed by atoms with E-state index in [1.165, 1.54) is 0 Å². The Balaban J connectivity index is 2.22. The largest absolute Gasteiger partial charge is 0.399 e. The van der Waals surface area contributed by atoms with Gasteiger partial charge in [0.05, 0.1) is 5.56 Å². The van der Waals surface area contributed by atoms with Gasteiger partial charge in [0.1, 0.15) is 0 Å².